The highest BCUT2D eigenvalue weighted by Crippen LogP contribution is 2.32. The lowest BCUT2D eigenvalue weighted by atomic mass is 10.1. The highest BCUT2D eigenvalue weighted by Gasteiger charge is 2.22. The summed E-state index contributed by atoms with van der Waals surface area (Å²) in [5.74, 6) is -0.791. The summed E-state index contributed by atoms with van der Waals surface area (Å²) >= 11 is 0. The molecule has 7 heteroatoms. The van der Waals surface area contributed by atoms with E-state index in [-0.39, 0.29) is 17.1 Å². The summed E-state index contributed by atoms with van der Waals surface area (Å²) in [7, 11) is 0. The zero-order valence-corrected chi connectivity index (χ0v) is 7.88. The molecule has 0 atom stereocenters. The topological polar surface area (TPSA) is 95.2 Å². The minimum Gasteiger partial charge on any atom is -0.381 e. The molecule has 0 saturated carbocycles. The Morgan fingerprint density at radius 1 is 1.50 bits per heavy atom. The van der Waals surface area contributed by atoms with Crippen LogP contribution in [0.4, 0.5) is 15.9 Å². The molecule has 0 radical (unpaired) electrons. The second-order valence-electron chi connectivity index (χ2n) is 3.01. The zero-order valence-electron chi connectivity index (χ0n) is 7.88. The van der Waals surface area contributed by atoms with E-state index in [0.29, 0.717) is 0 Å². The lowest BCUT2D eigenvalue weighted by Crippen LogP contribution is -1.93. The van der Waals surface area contributed by atoms with Gasteiger partial charge in [-0.05, 0) is 6.07 Å². The van der Waals surface area contributed by atoms with E-state index in [2.05, 4.69) is 5.16 Å². The molecule has 0 amide bonds. The predicted molar refractivity (Wildman–Crippen MR) is 53.0 cm³/mol. The Labute approximate surface area is 88.6 Å². The van der Waals surface area contributed by atoms with Gasteiger partial charge < -0.3 is 10.3 Å². The van der Waals surface area contributed by atoms with E-state index in [1.54, 1.807) is 0 Å². The fraction of sp³-hybridized carbons (Fsp3) is 0. The van der Waals surface area contributed by atoms with E-state index in [4.69, 9.17) is 10.3 Å². The summed E-state index contributed by atoms with van der Waals surface area (Å²) in [6.45, 7) is 0. The number of hydrogen-bond donors (Lipinski definition) is 1. The van der Waals surface area contributed by atoms with Crippen LogP contribution >= 0.6 is 0 Å². The maximum absolute atomic E-state index is 13.5. The maximum atomic E-state index is 13.5. The van der Waals surface area contributed by atoms with Crippen molar-refractivity contribution >= 4 is 11.5 Å². The number of hydrogen-bond acceptors (Lipinski definition) is 5. The van der Waals surface area contributed by atoms with Crippen LogP contribution in [-0.4, -0.2) is 10.1 Å². The number of nitrogen functional groups attached to an aromatic ring is 1. The summed E-state index contributed by atoms with van der Waals surface area (Å²) in [6.07, 6.45) is 0. The summed E-state index contributed by atoms with van der Waals surface area (Å²) in [5.41, 5.74) is 4.65. The van der Waals surface area contributed by atoms with Gasteiger partial charge in [0.2, 0.25) is 0 Å². The number of benzene rings is 1. The average molecular weight is 223 g/mol. The normalized spacial score (nSPS) is 10.3. The highest BCUT2D eigenvalue weighted by molar-refractivity contribution is 5.71. The lowest BCUT2D eigenvalue weighted by molar-refractivity contribution is -0.384. The van der Waals surface area contributed by atoms with Gasteiger partial charge in [-0.1, -0.05) is 11.2 Å². The van der Waals surface area contributed by atoms with Crippen LogP contribution in [0.5, 0.6) is 0 Å². The Bertz CT molecular complexity index is 553. The fourth-order valence-corrected chi connectivity index (χ4v) is 1.32. The van der Waals surface area contributed by atoms with E-state index < -0.39 is 16.4 Å². The van der Waals surface area contributed by atoms with E-state index in [0.717, 1.165) is 6.07 Å². The first-order valence-corrected chi connectivity index (χ1v) is 4.25. The molecule has 0 saturated heterocycles. The second-order valence-corrected chi connectivity index (χ2v) is 3.01. The molecule has 1 aromatic carbocycles. The molecule has 0 spiro atoms. The number of halogens is 1. The highest BCUT2D eigenvalue weighted by atomic mass is 19.1. The molecule has 0 unspecified atom stereocenters. The Kier molecular flexibility index (Phi) is 2.28. The van der Waals surface area contributed by atoms with Crippen molar-refractivity contribution in [2.75, 3.05) is 5.73 Å². The summed E-state index contributed by atoms with van der Waals surface area (Å²) in [4.78, 5) is 10.0. The Balaban J connectivity index is 2.67. The van der Waals surface area contributed by atoms with Crippen molar-refractivity contribution in [3.05, 3.63) is 40.2 Å². The zero-order chi connectivity index (χ0) is 11.7. The largest absolute Gasteiger partial charge is 0.381 e. The fourth-order valence-electron chi connectivity index (χ4n) is 1.32. The molecule has 82 valence electrons. The number of aromatic nitrogens is 1. The minimum atomic E-state index is -0.759. The predicted octanol–water partition coefficient (Wildman–Crippen LogP) is 1.97. The summed E-state index contributed by atoms with van der Waals surface area (Å²) < 4.78 is 18.2. The van der Waals surface area contributed by atoms with E-state index >= 15 is 0 Å². The molecule has 2 rings (SSSR count). The number of nitrogens with two attached hydrogens (primary N) is 1. The molecular weight excluding hydrogens is 217 g/mol. The number of nitro benzene ring substituents is 1. The number of rotatable bonds is 2. The first-order valence-electron chi connectivity index (χ1n) is 4.25. The SMILES string of the molecule is Nc1cc(-c2c(F)cccc2[N+](=O)[O-])on1. The van der Waals surface area contributed by atoms with Crippen LogP contribution in [0.2, 0.25) is 0 Å². The average Bonchev–Trinajstić information content (AvgIpc) is 2.64. The van der Waals surface area contributed by atoms with Gasteiger partial charge in [0.25, 0.3) is 5.69 Å². The third-order valence-corrected chi connectivity index (χ3v) is 1.96. The standard InChI is InChI=1S/C9H6FN3O3/c10-5-2-1-3-6(13(14)15)9(5)7-4-8(11)12-16-7/h1-4H,(H2,11,12). The molecule has 0 bridgehead atoms. The van der Waals surface area contributed by atoms with Crippen molar-refractivity contribution in [3.8, 4) is 11.3 Å². The van der Waals surface area contributed by atoms with Gasteiger partial charge in [0.15, 0.2) is 11.6 Å². The van der Waals surface area contributed by atoms with Gasteiger partial charge in [-0.25, -0.2) is 4.39 Å². The maximum Gasteiger partial charge on any atom is 0.283 e. The van der Waals surface area contributed by atoms with Crippen molar-refractivity contribution in [3.63, 3.8) is 0 Å². The molecule has 0 aliphatic rings. The first kappa shape index (κ1) is 10.1. The van der Waals surface area contributed by atoms with Crippen LogP contribution in [0.15, 0.2) is 28.8 Å². The Morgan fingerprint density at radius 2 is 2.25 bits per heavy atom. The van der Waals surface area contributed by atoms with Crippen molar-refractivity contribution in [1.82, 2.24) is 5.16 Å². The van der Waals surface area contributed by atoms with Gasteiger partial charge >= 0.3 is 0 Å². The third kappa shape index (κ3) is 1.58. The van der Waals surface area contributed by atoms with Crippen LogP contribution in [0.1, 0.15) is 0 Å². The third-order valence-electron chi connectivity index (χ3n) is 1.96. The van der Waals surface area contributed by atoms with Crippen molar-refractivity contribution in [2.24, 2.45) is 0 Å². The van der Waals surface area contributed by atoms with Crippen LogP contribution < -0.4 is 5.73 Å². The number of anilines is 1. The molecule has 2 aromatic rings. The van der Waals surface area contributed by atoms with E-state index in [1.165, 1.54) is 18.2 Å². The quantitative estimate of drug-likeness (QED) is 0.620. The Hall–Kier alpha value is -2.44. The van der Waals surface area contributed by atoms with Gasteiger partial charge in [-0.15, -0.1) is 0 Å². The number of nitrogens with zero attached hydrogens (tertiary/aromatic N) is 2. The monoisotopic (exact) mass is 223 g/mol. The smallest absolute Gasteiger partial charge is 0.283 e. The van der Waals surface area contributed by atoms with E-state index in [1.807, 2.05) is 0 Å². The summed E-state index contributed by atoms with van der Waals surface area (Å²) in [5, 5.41) is 14.0. The summed E-state index contributed by atoms with van der Waals surface area (Å²) in [6, 6.07) is 4.75. The van der Waals surface area contributed by atoms with Gasteiger partial charge in [0, 0.05) is 12.1 Å². The first-order chi connectivity index (χ1) is 7.59. The molecule has 0 aliphatic carbocycles. The minimum absolute atomic E-state index is 0.0348. The van der Waals surface area contributed by atoms with Crippen LogP contribution in [-0.2, 0) is 0 Å². The van der Waals surface area contributed by atoms with E-state index in [9.17, 15) is 14.5 Å². The van der Waals surface area contributed by atoms with Crippen LogP contribution in [0.25, 0.3) is 11.3 Å². The van der Waals surface area contributed by atoms with Crippen LogP contribution in [0, 0.1) is 15.9 Å². The van der Waals surface area contributed by atoms with Gasteiger partial charge in [-0.2, -0.15) is 0 Å². The molecule has 0 aliphatic heterocycles. The molecule has 1 aromatic heterocycles. The lowest BCUT2D eigenvalue weighted by Gasteiger charge is -1.99. The van der Waals surface area contributed by atoms with Crippen molar-refractivity contribution in [1.29, 1.82) is 0 Å². The Morgan fingerprint density at radius 3 is 2.81 bits per heavy atom. The number of nitro groups is 1. The van der Waals surface area contributed by atoms with Gasteiger partial charge in [-0.3, -0.25) is 10.1 Å². The molecule has 16 heavy (non-hydrogen) atoms. The van der Waals surface area contributed by atoms with Gasteiger partial charge in [0.1, 0.15) is 11.4 Å². The molecule has 2 N–H and O–H groups in total. The van der Waals surface area contributed by atoms with Gasteiger partial charge in [0.05, 0.1) is 4.92 Å². The van der Waals surface area contributed by atoms with Crippen molar-refractivity contribution < 1.29 is 13.8 Å². The van der Waals surface area contributed by atoms with Crippen LogP contribution in [0.3, 0.4) is 0 Å². The molecule has 1 heterocycles. The molecule has 6 nitrogen and oxygen atoms in total. The molecular formula is C9H6FN3O3. The van der Waals surface area contributed by atoms with Crippen molar-refractivity contribution in [2.45, 2.75) is 0 Å². The molecule has 0 fully saturated rings. The second kappa shape index (κ2) is 3.61.